The molecule has 0 saturated carbocycles. The number of carboxylic acid groups (broad SMARTS) is 1. The van der Waals surface area contributed by atoms with Crippen molar-refractivity contribution in [2.24, 2.45) is 0 Å². The molecule has 0 bridgehead atoms. The molecule has 0 aliphatic rings. The second-order valence-electron chi connectivity index (χ2n) is 4.29. The average Bonchev–Trinajstić information content (AvgIpc) is 2.66. The Kier molecular flexibility index (Phi) is 5.29. The molecule has 0 aliphatic heterocycles. The predicted octanol–water partition coefficient (Wildman–Crippen LogP) is 1.37. The second-order valence-corrected chi connectivity index (χ2v) is 4.29. The van der Waals surface area contributed by atoms with Crippen LogP contribution in [-0.2, 0) is 16.0 Å². The van der Waals surface area contributed by atoms with Crippen LogP contribution in [0.15, 0.2) is 17.2 Å². The summed E-state index contributed by atoms with van der Waals surface area (Å²) in [5.74, 6) is -0.689. The maximum Gasteiger partial charge on any atom is 0.326 e. The van der Waals surface area contributed by atoms with Gasteiger partial charge in [0.05, 0.1) is 5.69 Å². The first-order chi connectivity index (χ1) is 8.95. The van der Waals surface area contributed by atoms with Crippen molar-refractivity contribution in [3.05, 3.63) is 29.7 Å². The Morgan fingerprint density at radius 1 is 1.53 bits per heavy atom. The first kappa shape index (κ1) is 14.9. The monoisotopic (exact) mass is 266 g/mol. The van der Waals surface area contributed by atoms with Gasteiger partial charge < -0.3 is 14.9 Å². The molecule has 2 N–H and O–H groups in total. The molecular weight excluding hydrogens is 248 g/mol. The van der Waals surface area contributed by atoms with Crippen molar-refractivity contribution in [1.29, 1.82) is 0 Å². The fourth-order valence-corrected chi connectivity index (χ4v) is 1.75. The van der Waals surface area contributed by atoms with E-state index in [1.54, 1.807) is 6.92 Å². The number of hydrogen-bond donors (Lipinski definition) is 2. The zero-order valence-corrected chi connectivity index (χ0v) is 11.1. The van der Waals surface area contributed by atoms with Crippen molar-refractivity contribution in [3.63, 3.8) is 0 Å². The summed E-state index contributed by atoms with van der Waals surface area (Å²) in [7, 11) is 0. The fourth-order valence-electron chi connectivity index (χ4n) is 1.75. The van der Waals surface area contributed by atoms with Crippen molar-refractivity contribution in [2.45, 2.75) is 39.2 Å². The first-order valence-corrected chi connectivity index (χ1v) is 6.00. The predicted molar refractivity (Wildman–Crippen MR) is 68.7 cm³/mol. The molecule has 1 aromatic heterocycles. The fraction of sp³-hybridized carbons (Fsp3) is 0.462. The van der Waals surface area contributed by atoms with Crippen LogP contribution in [0.4, 0.5) is 0 Å². The van der Waals surface area contributed by atoms with E-state index in [4.69, 9.17) is 9.63 Å². The highest BCUT2D eigenvalue weighted by Gasteiger charge is 2.18. The van der Waals surface area contributed by atoms with Crippen LogP contribution in [0.2, 0.25) is 0 Å². The molecule has 0 aliphatic carbocycles. The van der Waals surface area contributed by atoms with Crippen molar-refractivity contribution in [2.75, 3.05) is 0 Å². The summed E-state index contributed by atoms with van der Waals surface area (Å²) in [6.07, 6.45) is 2.34. The largest absolute Gasteiger partial charge is 0.480 e. The molecule has 1 heterocycles. The molecule has 6 heteroatoms. The molecule has 1 aromatic rings. The number of hydrogen-bond acceptors (Lipinski definition) is 4. The van der Waals surface area contributed by atoms with E-state index >= 15 is 0 Å². The van der Waals surface area contributed by atoms with Gasteiger partial charge in [0, 0.05) is 12.0 Å². The lowest BCUT2D eigenvalue weighted by molar-refractivity contribution is -0.141. The number of carboxylic acids is 1. The molecule has 1 amide bonds. The van der Waals surface area contributed by atoms with Crippen molar-refractivity contribution >= 4 is 11.9 Å². The van der Waals surface area contributed by atoms with Crippen LogP contribution in [-0.4, -0.2) is 28.2 Å². The van der Waals surface area contributed by atoms with Gasteiger partial charge in [0.25, 0.3) is 0 Å². The molecule has 104 valence electrons. The third kappa shape index (κ3) is 4.24. The van der Waals surface area contributed by atoms with Gasteiger partial charge in [-0.15, -0.1) is 6.58 Å². The van der Waals surface area contributed by atoms with Crippen molar-refractivity contribution in [1.82, 2.24) is 10.5 Å². The average molecular weight is 266 g/mol. The molecule has 1 atom stereocenters. The Morgan fingerprint density at radius 3 is 2.68 bits per heavy atom. The number of aliphatic carboxylic acids is 1. The number of aromatic nitrogens is 1. The molecule has 0 aromatic carbocycles. The molecular formula is C13H18N2O4. The summed E-state index contributed by atoms with van der Waals surface area (Å²) >= 11 is 0. The molecule has 1 rings (SSSR count). The highest BCUT2D eigenvalue weighted by atomic mass is 16.5. The summed E-state index contributed by atoms with van der Waals surface area (Å²) in [6.45, 7) is 7.05. The standard InChI is InChI=1S/C13H18N2O4/c1-4-5-11(13(17)18)14-12(16)7-6-10-8(2)15-19-9(10)3/h4,11H,1,5-7H2,2-3H3,(H,14,16)(H,17,18). The Labute approximate surface area is 111 Å². The zero-order chi connectivity index (χ0) is 14.4. The van der Waals surface area contributed by atoms with Gasteiger partial charge in [0.15, 0.2) is 0 Å². The lowest BCUT2D eigenvalue weighted by Crippen LogP contribution is -2.40. The van der Waals surface area contributed by atoms with E-state index in [-0.39, 0.29) is 18.7 Å². The Balaban J connectivity index is 2.51. The first-order valence-electron chi connectivity index (χ1n) is 6.00. The van der Waals surface area contributed by atoms with Crippen molar-refractivity contribution in [3.8, 4) is 0 Å². The third-order valence-electron chi connectivity index (χ3n) is 2.82. The molecule has 0 fully saturated rings. The molecule has 6 nitrogen and oxygen atoms in total. The van der Waals surface area contributed by atoms with Gasteiger partial charge >= 0.3 is 5.97 Å². The lowest BCUT2D eigenvalue weighted by Gasteiger charge is -2.12. The van der Waals surface area contributed by atoms with E-state index in [1.807, 2.05) is 6.92 Å². The van der Waals surface area contributed by atoms with Crippen molar-refractivity contribution < 1.29 is 19.2 Å². The maximum absolute atomic E-state index is 11.7. The molecule has 0 spiro atoms. The summed E-state index contributed by atoms with van der Waals surface area (Å²) in [4.78, 5) is 22.6. The summed E-state index contributed by atoms with van der Waals surface area (Å²) in [5, 5.41) is 15.2. The van der Waals surface area contributed by atoms with Gasteiger partial charge in [0.2, 0.25) is 5.91 Å². The minimum Gasteiger partial charge on any atom is -0.480 e. The van der Waals surface area contributed by atoms with Crippen LogP contribution in [0.3, 0.4) is 0 Å². The molecule has 1 unspecified atom stereocenters. The smallest absolute Gasteiger partial charge is 0.326 e. The van der Waals surface area contributed by atoms with Crippen LogP contribution in [0.25, 0.3) is 0 Å². The zero-order valence-electron chi connectivity index (χ0n) is 11.1. The third-order valence-corrected chi connectivity index (χ3v) is 2.82. The van der Waals surface area contributed by atoms with Gasteiger partial charge in [0.1, 0.15) is 11.8 Å². The van der Waals surface area contributed by atoms with E-state index in [2.05, 4.69) is 17.1 Å². The number of carbonyl (C=O) groups excluding carboxylic acids is 1. The van der Waals surface area contributed by atoms with E-state index < -0.39 is 12.0 Å². The van der Waals surface area contributed by atoms with E-state index in [1.165, 1.54) is 6.08 Å². The number of rotatable bonds is 7. The minimum absolute atomic E-state index is 0.198. The van der Waals surface area contributed by atoms with E-state index in [0.29, 0.717) is 12.2 Å². The number of nitrogens with zero attached hydrogens (tertiary/aromatic N) is 1. The van der Waals surface area contributed by atoms with Crippen LogP contribution < -0.4 is 5.32 Å². The number of nitrogens with one attached hydrogen (secondary N) is 1. The number of aryl methyl sites for hydroxylation is 2. The van der Waals surface area contributed by atoms with Gasteiger partial charge in [-0.25, -0.2) is 4.79 Å². The van der Waals surface area contributed by atoms with Crippen LogP contribution >= 0.6 is 0 Å². The lowest BCUT2D eigenvalue weighted by atomic mass is 10.1. The summed E-state index contributed by atoms with van der Waals surface area (Å²) in [5.41, 5.74) is 1.65. The van der Waals surface area contributed by atoms with Crippen LogP contribution in [0.5, 0.6) is 0 Å². The number of amides is 1. The van der Waals surface area contributed by atoms with Gasteiger partial charge in [-0.1, -0.05) is 11.2 Å². The minimum atomic E-state index is -1.06. The van der Waals surface area contributed by atoms with E-state index in [0.717, 1.165) is 11.3 Å². The maximum atomic E-state index is 11.7. The Morgan fingerprint density at radius 2 is 2.21 bits per heavy atom. The number of carbonyl (C=O) groups is 2. The Bertz CT molecular complexity index is 459. The Hall–Kier alpha value is -2.11. The van der Waals surface area contributed by atoms with Gasteiger partial charge in [-0.05, 0) is 26.7 Å². The van der Waals surface area contributed by atoms with Gasteiger partial charge in [-0.3, -0.25) is 4.79 Å². The highest BCUT2D eigenvalue weighted by molar-refractivity contribution is 5.83. The normalized spacial score (nSPS) is 11.9. The van der Waals surface area contributed by atoms with Crippen LogP contribution in [0, 0.1) is 13.8 Å². The summed E-state index contributed by atoms with van der Waals surface area (Å²) < 4.78 is 5.00. The topological polar surface area (TPSA) is 92.4 Å². The van der Waals surface area contributed by atoms with Gasteiger partial charge in [-0.2, -0.15) is 0 Å². The molecule has 0 radical (unpaired) electrons. The summed E-state index contributed by atoms with van der Waals surface area (Å²) in [6, 6.07) is -0.922. The second kappa shape index (κ2) is 6.72. The highest BCUT2D eigenvalue weighted by Crippen LogP contribution is 2.14. The van der Waals surface area contributed by atoms with Crippen LogP contribution in [0.1, 0.15) is 29.9 Å². The quantitative estimate of drug-likeness (QED) is 0.727. The SMILES string of the molecule is C=CCC(NC(=O)CCc1c(C)noc1C)C(=O)O. The molecule has 0 saturated heterocycles. The molecule has 19 heavy (non-hydrogen) atoms. The van der Waals surface area contributed by atoms with E-state index in [9.17, 15) is 9.59 Å².